The molecule has 0 bridgehead atoms. The van der Waals surface area contributed by atoms with Crippen LogP contribution in [0.2, 0.25) is 0 Å². The Hall–Kier alpha value is -0.877. The van der Waals surface area contributed by atoms with Gasteiger partial charge in [-0.3, -0.25) is 0 Å². The van der Waals surface area contributed by atoms with E-state index < -0.39 is 0 Å². The van der Waals surface area contributed by atoms with E-state index in [1.54, 1.807) is 24.2 Å². The maximum absolute atomic E-state index is 3.65. The number of rotatable bonds is 0. The molecule has 0 spiro atoms. The van der Waals surface area contributed by atoms with Crippen molar-refractivity contribution >= 4 is 3.21 Å². The summed E-state index contributed by atoms with van der Waals surface area (Å²) in [5, 5.41) is 0. The Kier molecular flexibility index (Phi) is 13.1. The van der Waals surface area contributed by atoms with Crippen LogP contribution >= 0.6 is 0 Å². The number of hydrogen-bond acceptors (Lipinski definition) is 0. The summed E-state index contributed by atoms with van der Waals surface area (Å²) >= 11 is 1.55. The van der Waals surface area contributed by atoms with Crippen LogP contribution in [0.25, 0.3) is 11.1 Å². The molecule has 34 heavy (non-hydrogen) atoms. The molecule has 4 rings (SSSR count). The van der Waals surface area contributed by atoms with Crippen LogP contribution in [0.1, 0.15) is 88.8 Å². The number of aryl methyl sites for hydroxylation is 2. The maximum atomic E-state index is 3.65. The quantitative estimate of drug-likeness (QED) is 0.283. The van der Waals surface area contributed by atoms with Gasteiger partial charge in [0.25, 0.3) is 0 Å². The monoisotopic (exact) mass is 572 g/mol. The van der Waals surface area contributed by atoms with Crippen molar-refractivity contribution in [3.8, 4) is 11.1 Å². The molecule has 0 aliphatic heterocycles. The van der Waals surface area contributed by atoms with E-state index in [0.29, 0.717) is 0 Å². The third-order valence-corrected chi connectivity index (χ3v) is 5.73. The van der Waals surface area contributed by atoms with Gasteiger partial charge in [0.15, 0.2) is 0 Å². The van der Waals surface area contributed by atoms with Gasteiger partial charge in [-0.2, -0.15) is 41.5 Å². The predicted octanol–water partition coefficient (Wildman–Crippen LogP) is 2.43. The first kappa shape index (κ1) is 33.1. The van der Waals surface area contributed by atoms with Gasteiger partial charge >= 0.3 is 41.3 Å². The third kappa shape index (κ3) is 8.97. The van der Waals surface area contributed by atoms with E-state index >= 15 is 0 Å². The van der Waals surface area contributed by atoms with E-state index in [1.165, 1.54) is 47.7 Å². The average Bonchev–Trinajstić information content (AvgIpc) is 3.31. The molecule has 1 aliphatic rings. The molecule has 0 amide bonds. The van der Waals surface area contributed by atoms with Gasteiger partial charge in [-0.15, -0.1) is 11.1 Å². The Balaban J connectivity index is 0.000000840. The first-order valence-electron chi connectivity index (χ1n) is 11.6. The Morgan fingerprint density at radius 3 is 1.74 bits per heavy atom. The van der Waals surface area contributed by atoms with Crippen LogP contribution in [-0.4, -0.2) is 3.21 Å². The van der Waals surface area contributed by atoms with Crippen molar-refractivity contribution in [2.75, 3.05) is 0 Å². The fraction of sp³-hybridized carbons (Fsp3) is 0.419. The first-order valence-corrected chi connectivity index (χ1v) is 12.8. The molecule has 0 radical (unpaired) electrons. The molecule has 184 valence electrons. The third-order valence-electron chi connectivity index (χ3n) is 5.73. The zero-order valence-corrected chi connectivity index (χ0v) is 26.6. The van der Waals surface area contributed by atoms with Crippen molar-refractivity contribution in [3.63, 3.8) is 0 Å². The van der Waals surface area contributed by atoms with Crippen molar-refractivity contribution < 1.29 is 49.0 Å². The molecule has 3 aromatic carbocycles. The zero-order chi connectivity index (χ0) is 24.3. The molecular weight excluding hydrogens is 534 g/mol. The van der Waals surface area contributed by atoms with E-state index in [4.69, 9.17) is 0 Å². The van der Waals surface area contributed by atoms with Gasteiger partial charge in [0, 0.05) is 0 Å². The molecule has 0 N–H and O–H groups in total. The Morgan fingerprint density at radius 1 is 0.824 bits per heavy atom. The molecule has 3 aromatic rings. The summed E-state index contributed by atoms with van der Waals surface area (Å²) in [6.45, 7) is 22.5. The largest absolute Gasteiger partial charge is 1.00 e. The zero-order valence-electron chi connectivity index (χ0n) is 22.6. The van der Waals surface area contributed by atoms with E-state index in [9.17, 15) is 0 Å². The maximum Gasteiger partial charge on any atom is -0.0132 e. The number of hydrogen-bond donors (Lipinski definition) is 0. The Morgan fingerprint density at radius 2 is 1.32 bits per heavy atom. The molecule has 0 heterocycles. The molecule has 0 saturated heterocycles. The van der Waals surface area contributed by atoms with Crippen LogP contribution in [0, 0.1) is 19.9 Å². The van der Waals surface area contributed by atoms with Crippen molar-refractivity contribution in [2.45, 2.75) is 86.5 Å². The van der Waals surface area contributed by atoms with Crippen LogP contribution in [0.5, 0.6) is 0 Å². The summed E-state index contributed by atoms with van der Waals surface area (Å²) in [7, 11) is 0. The van der Waals surface area contributed by atoms with Gasteiger partial charge < -0.3 is 24.8 Å². The van der Waals surface area contributed by atoms with Crippen molar-refractivity contribution in [2.24, 2.45) is 0 Å². The molecule has 3 heteroatoms. The molecule has 0 nitrogen and oxygen atoms in total. The van der Waals surface area contributed by atoms with Crippen molar-refractivity contribution in [1.29, 1.82) is 0 Å². The summed E-state index contributed by atoms with van der Waals surface area (Å²) in [5.74, 6) is 0. The second-order valence-corrected chi connectivity index (χ2v) is 13.6. The van der Waals surface area contributed by atoms with Crippen LogP contribution in [-0.2, 0) is 41.5 Å². The minimum Gasteiger partial charge on any atom is -1.00 e. The molecule has 0 aromatic heterocycles. The summed E-state index contributed by atoms with van der Waals surface area (Å²) in [5.41, 5.74) is 11.7. The number of halogens is 2. The summed E-state index contributed by atoms with van der Waals surface area (Å²) in [6, 6.07) is 20.8. The second-order valence-electron chi connectivity index (χ2n) is 11.2. The number of fused-ring (bicyclic) bond motifs is 3. The minimum atomic E-state index is 0. The van der Waals surface area contributed by atoms with Gasteiger partial charge in [-0.1, -0.05) is 60.6 Å². The SMILES string of the molecule is C[C](C)=[Zr+2].Cc1[c-]c(C(C)(C)C)cc2c1Cc1c(C)cc(C(C)(C)C)cc1-2.[Cl-].[Cl-].c1cc[cH-]c1. The summed E-state index contributed by atoms with van der Waals surface area (Å²) in [4.78, 5) is 0. The molecule has 0 saturated carbocycles. The summed E-state index contributed by atoms with van der Waals surface area (Å²) < 4.78 is 1.51. The topological polar surface area (TPSA) is 0 Å². The van der Waals surface area contributed by atoms with Gasteiger partial charge in [0.05, 0.1) is 0 Å². The van der Waals surface area contributed by atoms with Crippen molar-refractivity contribution in [1.82, 2.24) is 0 Å². The van der Waals surface area contributed by atoms with Crippen LogP contribution < -0.4 is 24.8 Å². The average molecular weight is 575 g/mol. The predicted molar refractivity (Wildman–Crippen MR) is 139 cm³/mol. The Bertz CT molecular complexity index is 974. The van der Waals surface area contributed by atoms with Crippen LogP contribution in [0.4, 0.5) is 0 Å². The van der Waals surface area contributed by atoms with E-state index in [0.717, 1.165) is 6.42 Å². The van der Waals surface area contributed by atoms with Gasteiger partial charge in [0.2, 0.25) is 0 Å². The standard InChI is InChI=1S/C23H29.C5H5.C3H6.2ClH.Zr/c1-14-9-16(22(3,4)5)11-20-18(14)13-19-15(2)10-17(12-21(19)20)23(6,7)8;1-2-4-5-3-1;1-3-2;;;/h9,11-12H,13H2,1-8H3;1-5H;1-2H3;2*1H;/q2*-1;;;;+2/p-2. The molecule has 0 fully saturated rings. The molecule has 0 atom stereocenters. The summed E-state index contributed by atoms with van der Waals surface area (Å²) in [6.07, 6.45) is 1.06. The molecule has 1 aliphatic carbocycles. The van der Waals surface area contributed by atoms with Gasteiger partial charge in [0.1, 0.15) is 0 Å². The fourth-order valence-electron chi connectivity index (χ4n) is 3.84. The smallest absolute Gasteiger partial charge is 0.0132 e. The van der Waals surface area contributed by atoms with Crippen LogP contribution in [0.15, 0.2) is 48.5 Å². The minimum absolute atomic E-state index is 0. The molecular formula is C31H40Cl2Zr-2. The van der Waals surface area contributed by atoms with E-state index in [-0.39, 0.29) is 35.6 Å². The number of benzene rings is 2. The van der Waals surface area contributed by atoms with Gasteiger partial charge in [-0.25, -0.2) is 12.1 Å². The Labute approximate surface area is 236 Å². The fourth-order valence-corrected chi connectivity index (χ4v) is 3.84. The van der Waals surface area contributed by atoms with E-state index in [2.05, 4.69) is 93.5 Å². The molecule has 0 unspecified atom stereocenters. The first-order chi connectivity index (χ1) is 14.7. The van der Waals surface area contributed by atoms with E-state index in [1.807, 2.05) is 30.3 Å². The normalized spacial score (nSPS) is 11.4. The van der Waals surface area contributed by atoms with Crippen LogP contribution in [0.3, 0.4) is 0 Å². The second kappa shape index (κ2) is 13.4. The van der Waals surface area contributed by atoms with Gasteiger partial charge in [-0.05, 0) is 46.4 Å². The van der Waals surface area contributed by atoms with Crippen molar-refractivity contribution in [3.05, 3.63) is 88.0 Å².